The summed E-state index contributed by atoms with van der Waals surface area (Å²) in [5, 5.41) is 75.0. The van der Waals surface area contributed by atoms with E-state index in [2.05, 4.69) is 0 Å². The Hall–Kier alpha value is -5.83. The van der Waals surface area contributed by atoms with Gasteiger partial charge < -0.3 is 40.2 Å². The minimum Gasteiger partial charge on any atom is -0.508 e. The van der Waals surface area contributed by atoms with Crippen LogP contribution in [0.25, 0.3) is 22.3 Å². The number of carbonyl (C=O) groups excluding carboxylic acids is 1. The summed E-state index contributed by atoms with van der Waals surface area (Å²) in [6.07, 6.45) is 4.30. The molecule has 4 aromatic carbocycles. The number of carbonyl (C=O) groups is 1. The molecule has 1 aliphatic carbocycles. The Labute approximate surface area is 276 Å². The van der Waals surface area contributed by atoms with E-state index in [0.29, 0.717) is 39.8 Å². The quantitative estimate of drug-likeness (QED) is 0.0677. The molecule has 3 atom stereocenters. The smallest absolute Gasteiger partial charge is 0.171 e. The van der Waals surface area contributed by atoms with Crippen molar-refractivity contribution in [3.8, 4) is 51.6 Å². The monoisotopic (exact) mass is 648 g/mol. The Morgan fingerprint density at radius 2 is 1.50 bits per heavy atom. The van der Waals surface area contributed by atoms with Gasteiger partial charge in [-0.25, -0.2) is 0 Å². The van der Waals surface area contributed by atoms with E-state index in [1.807, 2.05) is 32.9 Å². The number of phenols is 7. The molecule has 0 aliphatic heterocycles. The van der Waals surface area contributed by atoms with E-state index in [4.69, 9.17) is 4.42 Å². The van der Waals surface area contributed by atoms with Crippen molar-refractivity contribution in [2.45, 2.75) is 45.4 Å². The normalized spacial score (nSPS) is 17.6. The molecule has 7 N–H and O–H groups in total. The Balaban J connectivity index is 1.52. The van der Waals surface area contributed by atoms with Crippen molar-refractivity contribution >= 4 is 16.8 Å². The number of allylic oxidation sites excluding steroid dienone is 4. The maximum Gasteiger partial charge on any atom is 0.171 e. The number of furan rings is 1. The first kappa shape index (κ1) is 32.1. The summed E-state index contributed by atoms with van der Waals surface area (Å²) in [7, 11) is 0. The Bertz CT molecular complexity index is 2110. The van der Waals surface area contributed by atoms with Crippen LogP contribution in [0.1, 0.15) is 66.1 Å². The average Bonchev–Trinajstić information content (AvgIpc) is 3.42. The molecule has 0 spiro atoms. The molecule has 0 radical (unpaired) electrons. The molecular weight excluding hydrogens is 612 g/mol. The molecule has 6 rings (SSSR count). The van der Waals surface area contributed by atoms with Gasteiger partial charge in [0.15, 0.2) is 5.78 Å². The van der Waals surface area contributed by atoms with Crippen LogP contribution < -0.4 is 0 Å². The number of benzene rings is 4. The lowest BCUT2D eigenvalue weighted by atomic mass is 9.65. The van der Waals surface area contributed by atoms with E-state index in [1.54, 1.807) is 18.2 Å². The maximum absolute atomic E-state index is 14.7. The zero-order valence-corrected chi connectivity index (χ0v) is 26.6. The number of hydrogen-bond donors (Lipinski definition) is 7. The van der Waals surface area contributed by atoms with Gasteiger partial charge >= 0.3 is 0 Å². The molecule has 9 heteroatoms. The van der Waals surface area contributed by atoms with Crippen molar-refractivity contribution < 1.29 is 45.0 Å². The molecule has 1 aliphatic rings. The highest BCUT2D eigenvalue weighted by molar-refractivity contribution is 6.02. The Morgan fingerprint density at radius 1 is 0.792 bits per heavy atom. The van der Waals surface area contributed by atoms with E-state index in [0.717, 1.165) is 11.1 Å². The van der Waals surface area contributed by atoms with Crippen LogP contribution in [-0.4, -0.2) is 41.5 Å². The van der Waals surface area contributed by atoms with Crippen molar-refractivity contribution in [2.24, 2.45) is 5.92 Å². The number of Topliss-reactive ketones (excluding diaryl/α,β-unsaturated/α-hetero) is 1. The predicted molar refractivity (Wildman–Crippen MR) is 181 cm³/mol. The van der Waals surface area contributed by atoms with Crippen LogP contribution in [0.15, 0.2) is 94.4 Å². The van der Waals surface area contributed by atoms with Crippen LogP contribution in [0, 0.1) is 5.92 Å². The van der Waals surface area contributed by atoms with Gasteiger partial charge in [0.2, 0.25) is 0 Å². The largest absolute Gasteiger partial charge is 0.508 e. The summed E-state index contributed by atoms with van der Waals surface area (Å²) in [6.45, 7) is 5.67. The molecule has 0 amide bonds. The van der Waals surface area contributed by atoms with Gasteiger partial charge in [0.05, 0.1) is 5.56 Å². The van der Waals surface area contributed by atoms with Gasteiger partial charge in [0.25, 0.3) is 0 Å². The lowest BCUT2D eigenvalue weighted by Crippen LogP contribution is -2.31. The summed E-state index contributed by atoms with van der Waals surface area (Å²) in [6, 6.07) is 15.9. The molecular formula is C39H36O9. The van der Waals surface area contributed by atoms with Gasteiger partial charge in [-0.05, 0) is 81.6 Å². The third-order valence-corrected chi connectivity index (χ3v) is 8.99. The summed E-state index contributed by atoms with van der Waals surface area (Å²) < 4.78 is 5.97. The minimum absolute atomic E-state index is 0.00830. The fourth-order valence-electron chi connectivity index (χ4n) is 6.73. The number of rotatable bonds is 7. The first-order chi connectivity index (χ1) is 22.8. The molecule has 0 fully saturated rings. The lowest BCUT2D eigenvalue weighted by molar-refractivity contribution is 0.0877. The van der Waals surface area contributed by atoms with Crippen molar-refractivity contribution in [1.29, 1.82) is 0 Å². The zero-order valence-electron chi connectivity index (χ0n) is 26.6. The average molecular weight is 649 g/mol. The predicted octanol–water partition coefficient (Wildman–Crippen LogP) is 8.26. The third-order valence-electron chi connectivity index (χ3n) is 8.99. The van der Waals surface area contributed by atoms with Gasteiger partial charge in [-0.1, -0.05) is 29.4 Å². The number of hydrogen-bond acceptors (Lipinski definition) is 9. The highest BCUT2D eigenvalue weighted by atomic mass is 16.3. The molecule has 48 heavy (non-hydrogen) atoms. The summed E-state index contributed by atoms with van der Waals surface area (Å²) in [5.41, 5.74) is 3.63. The second-order valence-corrected chi connectivity index (χ2v) is 12.7. The highest BCUT2D eigenvalue weighted by Gasteiger charge is 2.42. The SMILES string of the molecule is CC(C)=CCc1c(O)ccc(C(=O)[C@@H]2[C@@H](c3ccc(O)cc3O)CC(C)=C[C@H]2c2cc3cc(-c4cc(O)cc(O)c4)oc3cc2O)c1O. The van der Waals surface area contributed by atoms with Crippen molar-refractivity contribution in [3.05, 3.63) is 112 Å². The van der Waals surface area contributed by atoms with Gasteiger partial charge in [-0.2, -0.15) is 0 Å². The number of phenolic OH excluding ortho intramolecular Hbond substituents is 7. The van der Waals surface area contributed by atoms with Gasteiger partial charge in [0, 0.05) is 58.0 Å². The molecule has 9 nitrogen and oxygen atoms in total. The van der Waals surface area contributed by atoms with E-state index < -0.39 is 23.5 Å². The number of aromatic hydroxyl groups is 7. The lowest BCUT2D eigenvalue weighted by Gasteiger charge is -2.37. The topological polar surface area (TPSA) is 172 Å². The van der Waals surface area contributed by atoms with Crippen LogP contribution in [-0.2, 0) is 6.42 Å². The van der Waals surface area contributed by atoms with Crippen LogP contribution in [0.2, 0.25) is 0 Å². The fourth-order valence-corrected chi connectivity index (χ4v) is 6.73. The summed E-state index contributed by atoms with van der Waals surface area (Å²) >= 11 is 0. The summed E-state index contributed by atoms with van der Waals surface area (Å²) in [5.74, 6) is -3.73. The van der Waals surface area contributed by atoms with E-state index in [9.17, 15) is 40.5 Å². The van der Waals surface area contributed by atoms with Gasteiger partial charge in [0.1, 0.15) is 51.6 Å². The van der Waals surface area contributed by atoms with Crippen LogP contribution in [0.3, 0.4) is 0 Å². The third kappa shape index (κ3) is 6.02. The zero-order chi connectivity index (χ0) is 34.4. The Kier molecular flexibility index (Phi) is 8.30. The molecule has 0 unspecified atom stereocenters. The van der Waals surface area contributed by atoms with E-state index in [1.165, 1.54) is 48.5 Å². The first-order valence-electron chi connectivity index (χ1n) is 15.5. The molecule has 5 aromatic rings. The van der Waals surface area contributed by atoms with Crippen LogP contribution in [0.4, 0.5) is 0 Å². The molecule has 0 saturated carbocycles. The van der Waals surface area contributed by atoms with Gasteiger partial charge in [-0.3, -0.25) is 4.79 Å². The number of fused-ring (bicyclic) bond motifs is 1. The maximum atomic E-state index is 14.7. The second-order valence-electron chi connectivity index (χ2n) is 12.7. The van der Waals surface area contributed by atoms with Crippen molar-refractivity contribution in [1.82, 2.24) is 0 Å². The van der Waals surface area contributed by atoms with Crippen LogP contribution in [0.5, 0.6) is 40.2 Å². The van der Waals surface area contributed by atoms with Crippen molar-refractivity contribution in [2.75, 3.05) is 0 Å². The standard InChI is InChI=1S/C39H36O9/c1-19(2)4-6-27-32(43)9-8-28(38(27)46)39(47)37-30(26-7-5-23(40)17-33(26)44)10-20(3)11-31(37)29-14-22-15-35(48-36(22)18-34(29)45)21-12-24(41)16-25(42)13-21/h4-5,7-9,11-18,30-31,37,40-46H,6,10H2,1-3H3/t30-,31+,37-/m1/s1. The first-order valence-corrected chi connectivity index (χ1v) is 15.5. The van der Waals surface area contributed by atoms with Crippen molar-refractivity contribution in [3.63, 3.8) is 0 Å². The number of ketones is 1. The van der Waals surface area contributed by atoms with Crippen LogP contribution >= 0.6 is 0 Å². The van der Waals surface area contributed by atoms with Gasteiger partial charge in [-0.15, -0.1) is 0 Å². The minimum atomic E-state index is -0.950. The molecule has 0 bridgehead atoms. The molecule has 246 valence electrons. The molecule has 0 saturated heterocycles. The van der Waals surface area contributed by atoms with E-state index in [-0.39, 0.29) is 57.8 Å². The Morgan fingerprint density at radius 3 is 2.19 bits per heavy atom. The summed E-state index contributed by atoms with van der Waals surface area (Å²) in [4.78, 5) is 14.7. The molecule has 1 aromatic heterocycles. The second kappa shape index (κ2) is 12.4. The molecule has 1 heterocycles. The fraction of sp³-hybridized carbons (Fsp3) is 0.205. The highest BCUT2D eigenvalue weighted by Crippen LogP contribution is 2.52. The van der Waals surface area contributed by atoms with E-state index >= 15 is 0 Å².